The van der Waals surface area contributed by atoms with Crippen molar-refractivity contribution in [1.82, 2.24) is 9.55 Å². The minimum atomic E-state index is -0.413. The maximum absolute atomic E-state index is 13.1. The summed E-state index contributed by atoms with van der Waals surface area (Å²) in [6, 6.07) is 14.6. The van der Waals surface area contributed by atoms with Gasteiger partial charge in [0.2, 0.25) is 5.91 Å². The lowest BCUT2D eigenvalue weighted by Crippen LogP contribution is -2.37. The lowest BCUT2D eigenvalue weighted by atomic mass is 10.2. The van der Waals surface area contributed by atoms with Gasteiger partial charge in [0.15, 0.2) is 5.16 Å². The molecule has 1 aromatic heterocycles. The molecule has 1 atom stereocenters. The Kier molecular flexibility index (Phi) is 6.65. The van der Waals surface area contributed by atoms with Crippen molar-refractivity contribution in [1.29, 1.82) is 0 Å². The largest absolute Gasteiger partial charge is 0.312 e. The fraction of sp³-hybridized carbons (Fsp3) is 0.318. The Hall–Kier alpha value is -2.31. The van der Waals surface area contributed by atoms with Crippen LogP contribution in [0.1, 0.15) is 33.7 Å². The van der Waals surface area contributed by atoms with E-state index in [0.29, 0.717) is 27.6 Å². The number of carbonyl (C=O) groups excluding carboxylic acids is 1. The van der Waals surface area contributed by atoms with Crippen LogP contribution >= 0.6 is 23.4 Å². The van der Waals surface area contributed by atoms with Crippen LogP contribution in [0.25, 0.3) is 10.9 Å². The first-order chi connectivity index (χ1) is 13.8. The van der Waals surface area contributed by atoms with Gasteiger partial charge in [-0.05, 0) is 58.0 Å². The van der Waals surface area contributed by atoms with Crippen LogP contribution < -0.4 is 10.5 Å². The number of amides is 1. The summed E-state index contributed by atoms with van der Waals surface area (Å²) < 4.78 is 1.64. The first-order valence-corrected chi connectivity index (χ1v) is 10.8. The van der Waals surface area contributed by atoms with E-state index in [4.69, 9.17) is 11.6 Å². The number of para-hydroxylation sites is 1. The third kappa shape index (κ3) is 4.49. The first-order valence-electron chi connectivity index (χ1n) is 9.58. The average Bonchev–Trinajstić information content (AvgIpc) is 2.68. The molecular formula is C22H24ClN3O2S. The Morgan fingerprint density at radius 1 is 1.17 bits per heavy atom. The van der Waals surface area contributed by atoms with Crippen molar-refractivity contribution in [3.8, 4) is 0 Å². The molecule has 1 heterocycles. The number of hydrogen-bond acceptors (Lipinski definition) is 4. The van der Waals surface area contributed by atoms with Crippen LogP contribution in [0, 0.1) is 0 Å². The number of halogens is 1. The lowest BCUT2D eigenvalue weighted by molar-refractivity contribution is -0.117. The van der Waals surface area contributed by atoms with Crippen LogP contribution in [0.5, 0.6) is 0 Å². The molecule has 3 rings (SSSR count). The highest BCUT2D eigenvalue weighted by atomic mass is 35.5. The van der Waals surface area contributed by atoms with E-state index >= 15 is 0 Å². The Morgan fingerprint density at radius 3 is 2.48 bits per heavy atom. The molecular weight excluding hydrogens is 406 g/mol. The summed E-state index contributed by atoms with van der Waals surface area (Å²) in [5, 5.41) is 1.15. The summed E-state index contributed by atoms with van der Waals surface area (Å²) in [7, 11) is 0. The zero-order chi connectivity index (χ0) is 21.1. The van der Waals surface area contributed by atoms with Gasteiger partial charge in [-0.2, -0.15) is 0 Å². The summed E-state index contributed by atoms with van der Waals surface area (Å²) in [5.74, 6) is -0.0283. The van der Waals surface area contributed by atoms with Crippen LogP contribution in [0.15, 0.2) is 58.5 Å². The molecule has 0 saturated heterocycles. The predicted molar refractivity (Wildman–Crippen MR) is 121 cm³/mol. The second-order valence-corrected chi connectivity index (χ2v) is 8.75. The summed E-state index contributed by atoms with van der Waals surface area (Å²) in [4.78, 5) is 32.6. The molecule has 0 bridgehead atoms. The molecule has 3 aromatic rings. The van der Waals surface area contributed by atoms with E-state index in [1.54, 1.807) is 27.7 Å². The summed E-state index contributed by atoms with van der Waals surface area (Å²) in [5.41, 5.74) is 1.27. The van der Waals surface area contributed by atoms with Gasteiger partial charge in [0.25, 0.3) is 5.56 Å². The van der Waals surface area contributed by atoms with Crippen LogP contribution in [-0.2, 0) is 4.79 Å². The molecule has 0 N–H and O–H groups in total. The number of nitrogens with zero attached hydrogens (tertiary/aromatic N) is 3. The van der Waals surface area contributed by atoms with Crippen molar-refractivity contribution in [3.05, 3.63) is 63.9 Å². The van der Waals surface area contributed by atoms with Crippen molar-refractivity contribution in [2.45, 2.75) is 44.1 Å². The van der Waals surface area contributed by atoms with Gasteiger partial charge < -0.3 is 4.90 Å². The molecule has 0 aliphatic rings. The zero-order valence-electron chi connectivity index (χ0n) is 16.9. The van der Waals surface area contributed by atoms with E-state index in [1.807, 2.05) is 58.0 Å². The molecule has 0 spiro atoms. The third-order valence-corrected chi connectivity index (χ3v) is 5.92. The summed E-state index contributed by atoms with van der Waals surface area (Å²) in [6.45, 7) is 8.22. The molecule has 1 unspecified atom stereocenters. The minimum Gasteiger partial charge on any atom is -0.312 e. The molecule has 0 aliphatic carbocycles. The van der Waals surface area contributed by atoms with Crippen LogP contribution in [0.4, 0.5) is 5.69 Å². The van der Waals surface area contributed by atoms with Crippen molar-refractivity contribution in [2.24, 2.45) is 0 Å². The highest BCUT2D eigenvalue weighted by molar-refractivity contribution is 8.00. The van der Waals surface area contributed by atoms with Gasteiger partial charge >= 0.3 is 0 Å². The molecule has 0 fully saturated rings. The quantitative estimate of drug-likeness (QED) is 0.401. The lowest BCUT2D eigenvalue weighted by Gasteiger charge is -2.25. The van der Waals surface area contributed by atoms with E-state index in [2.05, 4.69) is 4.98 Å². The van der Waals surface area contributed by atoms with Crippen LogP contribution in [0.2, 0.25) is 5.02 Å². The van der Waals surface area contributed by atoms with E-state index in [9.17, 15) is 9.59 Å². The molecule has 1 amide bonds. The van der Waals surface area contributed by atoms with Crippen molar-refractivity contribution >= 4 is 45.9 Å². The maximum Gasteiger partial charge on any atom is 0.262 e. The monoisotopic (exact) mass is 429 g/mol. The summed E-state index contributed by atoms with van der Waals surface area (Å²) in [6.07, 6.45) is 0. The Labute approximate surface area is 179 Å². The molecule has 29 heavy (non-hydrogen) atoms. The number of benzene rings is 2. The number of anilines is 1. The standard InChI is InChI=1S/C22H24ClN3O2S/c1-5-25(17-9-7-6-8-10-17)20(27)15(4)29-22-24-19-13-16(23)11-12-18(19)21(28)26(22)14(2)3/h6-15H,5H2,1-4H3. The van der Waals surface area contributed by atoms with E-state index < -0.39 is 5.25 Å². The van der Waals surface area contributed by atoms with Gasteiger partial charge in [-0.1, -0.05) is 41.6 Å². The number of fused-ring (bicyclic) bond motifs is 1. The number of thioether (sulfide) groups is 1. The highest BCUT2D eigenvalue weighted by Crippen LogP contribution is 2.28. The van der Waals surface area contributed by atoms with E-state index in [1.165, 1.54) is 11.8 Å². The molecule has 0 aliphatic heterocycles. The number of aromatic nitrogens is 2. The number of rotatable bonds is 6. The topological polar surface area (TPSA) is 55.2 Å². The SMILES string of the molecule is CCN(C(=O)C(C)Sc1nc2cc(Cl)ccc2c(=O)n1C(C)C)c1ccccc1. The zero-order valence-corrected chi connectivity index (χ0v) is 18.5. The number of carbonyl (C=O) groups is 1. The molecule has 7 heteroatoms. The Balaban J connectivity index is 1.99. The maximum atomic E-state index is 13.1. The summed E-state index contributed by atoms with van der Waals surface area (Å²) >= 11 is 7.39. The van der Waals surface area contributed by atoms with Crippen molar-refractivity contribution in [2.75, 3.05) is 11.4 Å². The van der Waals surface area contributed by atoms with Gasteiger partial charge in [-0.15, -0.1) is 0 Å². The van der Waals surface area contributed by atoms with Gasteiger partial charge in [-0.25, -0.2) is 4.98 Å². The Morgan fingerprint density at radius 2 is 1.86 bits per heavy atom. The van der Waals surface area contributed by atoms with E-state index in [0.717, 1.165) is 5.69 Å². The first kappa shape index (κ1) is 21.4. The predicted octanol–water partition coefficient (Wildman–Crippen LogP) is 5.16. The Bertz CT molecular complexity index is 1080. The van der Waals surface area contributed by atoms with Crippen LogP contribution in [0.3, 0.4) is 0 Å². The fourth-order valence-electron chi connectivity index (χ4n) is 3.19. The van der Waals surface area contributed by atoms with Gasteiger partial charge in [0, 0.05) is 23.3 Å². The third-order valence-electron chi connectivity index (χ3n) is 4.63. The average molecular weight is 430 g/mol. The molecule has 5 nitrogen and oxygen atoms in total. The molecule has 152 valence electrons. The van der Waals surface area contributed by atoms with Crippen LogP contribution in [-0.4, -0.2) is 27.3 Å². The minimum absolute atomic E-state index is 0.0283. The van der Waals surface area contributed by atoms with Gasteiger partial charge in [0.1, 0.15) is 0 Å². The second-order valence-electron chi connectivity index (χ2n) is 7.00. The van der Waals surface area contributed by atoms with Crippen molar-refractivity contribution < 1.29 is 4.79 Å². The number of hydrogen-bond donors (Lipinski definition) is 0. The smallest absolute Gasteiger partial charge is 0.262 e. The fourth-order valence-corrected chi connectivity index (χ4v) is 4.46. The second kappa shape index (κ2) is 9.01. The van der Waals surface area contributed by atoms with Crippen molar-refractivity contribution in [3.63, 3.8) is 0 Å². The van der Waals surface area contributed by atoms with Gasteiger partial charge in [0.05, 0.1) is 16.2 Å². The van der Waals surface area contributed by atoms with Gasteiger partial charge in [-0.3, -0.25) is 14.2 Å². The molecule has 0 saturated carbocycles. The highest BCUT2D eigenvalue weighted by Gasteiger charge is 2.25. The normalized spacial score (nSPS) is 12.3. The molecule has 0 radical (unpaired) electrons. The van der Waals surface area contributed by atoms with E-state index in [-0.39, 0.29) is 17.5 Å². The molecule has 2 aromatic carbocycles.